The van der Waals surface area contributed by atoms with Gasteiger partial charge in [-0.05, 0) is 30.7 Å². The van der Waals surface area contributed by atoms with Gasteiger partial charge in [0, 0.05) is 12.7 Å². The van der Waals surface area contributed by atoms with Crippen LogP contribution in [-0.4, -0.2) is 23.0 Å². The summed E-state index contributed by atoms with van der Waals surface area (Å²) in [6.45, 7) is 2.68. The maximum absolute atomic E-state index is 11.9. The summed E-state index contributed by atoms with van der Waals surface area (Å²) in [7, 11) is 1.36. The van der Waals surface area contributed by atoms with E-state index >= 15 is 0 Å². The molecule has 0 spiro atoms. The van der Waals surface area contributed by atoms with E-state index in [-0.39, 0.29) is 0 Å². The summed E-state index contributed by atoms with van der Waals surface area (Å²) < 4.78 is 4.81. The molecule has 1 aromatic heterocycles. The second-order valence-electron chi connectivity index (χ2n) is 5.77. The lowest BCUT2D eigenvalue weighted by atomic mass is 10.1. The number of anilines is 3. The van der Waals surface area contributed by atoms with Crippen LogP contribution >= 0.6 is 0 Å². The molecule has 0 saturated carbocycles. The summed E-state index contributed by atoms with van der Waals surface area (Å²) in [4.78, 5) is 20.5. The molecule has 0 fully saturated rings. The number of benzene rings is 2. The fourth-order valence-corrected chi connectivity index (χ4v) is 2.42. The standard InChI is InChI=1S/C20H20N4O2/c1-14-7-9-15(10-8-14)13-22-20-21-12-11-18(24-20)23-17-6-4-3-5-16(17)19(25)26-2/h3-12H,13H2,1-2H3,(H2,21,22,23,24). The van der Waals surface area contributed by atoms with Gasteiger partial charge >= 0.3 is 5.97 Å². The van der Waals surface area contributed by atoms with E-state index in [2.05, 4.69) is 51.8 Å². The van der Waals surface area contributed by atoms with Crippen LogP contribution in [0.25, 0.3) is 0 Å². The van der Waals surface area contributed by atoms with Crippen molar-refractivity contribution >= 4 is 23.4 Å². The maximum Gasteiger partial charge on any atom is 0.339 e. The molecule has 0 aliphatic heterocycles. The minimum Gasteiger partial charge on any atom is -0.465 e. The molecule has 0 bridgehead atoms. The van der Waals surface area contributed by atoms with E-state index in [1.54, 1.807) is 30.5 Å². The second kappa shape index (κ2) is 8.11. The van der Waals surface area contributed by atoms with Gasteiger partial charge in [0.15, 0.2) is 0 Å². The van der Waals surface area contributed by atoms with Crippen molar-refractivity contribution in [1.29, 1.82) is 0 Å². The van der Waals surface area contributed by atoms with Crippen LogP contribution < -0.4 is 10.6 Å². The number of aryl methyl sites for hydroxylation is 1. The SMILES string of the molecule is COC(=O)c1ccccc1Nc1ccnc(NCc2ccc(C)cc2)n1. The van der Waals surface area contributed by atoms with E-state index in [1.807, 2.05) is 6.07 Å². The van der Waals surface area contributed by atoms with Gasteiger partial charge in [-0.1, -0.05) is 42.0 Å². The summed E-state index contributed by atoms with van der Waals surface area (Å²) in [6, 6.07) is 17.1. The topological polar surface area (TPSA) is 76.1 Å². The minimum atomic E-state index is -0.403. The average Bonchev–Trinajstić information content (AvgIpc) is 2.68. The molecule has 2 N–H and O–H groups in total. The van der Waals surface area contributed by atoms with Crippen molar-refractivity contribution < 1.29 is 9.53 Å². The second-order valence-corrected chi connectivity index (χ2v) is 5.77. The van der Waals surface area contributed by atoms with Gasteiger partial charge in [0.2, 0.25) is 5.95 Å². The molecular weight excluding hydrogens is 328 g/mol. The Hall–Kier alpha value is -3.41. The van der Waals surface area contributed by atoms with Crippen molar-refractivity contribution in [3.05, 3.63) is 77.5 Å². The Balaban J connectivity index is 1.72. The van der Waals surface area contributed by atoms with Crippen molar-refractivity contribution in [3.63, 3.8) is 0 Å². The van der Waals surface area contributed by atoms with Crippen molar-refractivity contribution in [2.24, 2.45) is 0 Å². The normalized spacial score (nSPS) is 10.2. The predicted molar refractivity (Wildman–Crippen MR) is 102 cm³/mol. The minimum absolute atomic E-state index is 0.403. The van der Waals surface area contributed by atoms with Crippen molar-refractivity contribution in [1.82, 2.24) is 9.97 Å². The van der Waals surface area contributed by atoms with Gasteiger partial charge in [0.25, 0.3) is 0 Å². The highest BCUT2D eigenvalue weighted by Crippen LogP contribution is 2.20. The number of nitrogens with one attached hydrogen (secondary N) is 2. The Morgan fingerprint density at radius 2 is 1.85 bits per heavy atom. The predicted octanol–water partition coefficient (Wildman–Crippen LogP) is 3.93. The lowest BCUT2D eigenvalue weighted by molar-refractivity contribution is 0.0602. The average molecular weight is 348 g/mol. The molecular formula is C20H20N4O2. The number of methoxy groups -OCH3 is 1. The van der Waals surface area contributed by atoms with Gasteiger partial charge < -0.3 is 15.4 Å². The number of hydrogen-bond acceptors (Lipinski definition) is 6. The van der Waals surface area contributed by atoms with Gasteiger partial charge in [0.05, 0.1) is 18.4 Å². The molecule has 0 saturated heterocycles. The van der Waals surface area contributed by atoms with Gasteiger partial charge in [-0.2, -0.15) is 4.98 Å². The van der Waals surface area contributed by atoms with Crippen LogP contribution in [0.1, 0.15) is 21.5 Å². The van der Waals surface area contributed by atoms with E-state index in [0.717, 1.165) is 5.56 Å². The number of hydrogen-bond donors (Lipinski definition) is 2. The highest BCUT2D eigenvalue weighted by Gasteiger charge is 2.11. The Morgan fingerprint density at radius 3 is 2.62 bits per heavy atom. The van der Waals surface area contributed by atoms with Crippen LogP contribution in [0.2, 0.25) is 0 Å². The first-order valence-electron chi connectivity index (χ1n) is 8.22. The van der Waals surface area contributed by atoms with Crippen molar-refractivity contribution in [3.8, 4) is 0 Å². The first kappa shape index (κ1) is 17.4. The number of esters is 1. The Kier molecular flexibility index (Phi) is 5.43. The van der Waals surface area contributed by atoms with E-state index < -0.39 is 5.97 Å². The third-order valence-electron chi connectivity index (χ3n) is 3.82. The Labute approximate surface area is 152 Å². The highest BCUT2D eigenvalue weighted by atomic mass is 16.5. The lowest BCUT2D eigenvalue weighted by Crippen LogP contribution is -2.08. The summed E-state index contributed by atoms with van der Waals surface area (Å²) >= 11 is 0. The summed E-state index contributed by atoms with van der Waals surface area (Å²) in [5, 5.41) is 6.34. The van der Waals surface area contributed by atoms with Crippen LogP contribution in [0.5, 0.6) is 0 Å². The first-order valence-corrected chi connectivity index (χ1v) is 8.22. The third-order valence-corrected chi connectivity index (χ3v) is 3.82. The number of carbonyl (C=O) groups excluding carboxylic acids is 1. The quantitative estimate of drug-likeness (QED) is 0.658. The molecule has 0 radical (unpaired) electrons. The number of aromatic nitrogens is 2. The van der Waals surface area contributed by atoms with Gasteiger partial charge in [-0.25, -0.2) is 9.78 Å². The Bertz CT molecular complexity index is 894. The highest BCUT2D eigenvalue weighted by molar-refractivity contribution is 5.96. The van der Waals surface area contributed by atoms with E-state index in [0.29, 0.717) is 29.6 Å². The molecule has 0 atom stereocenters. The summed E-state index contributed by atoms with van der Waals surface area (Å²) in [6.07, 6.45) is 1.66. The summed E-state index contributed by atoms with van der Waals surface area (Å²) in [5.74, 6) is 0.689. The molecule has 6 nitrogen and oxygen atoms in total. The van der Waals surface area contributed by atoms with E-state index in [4.69, 9.17) is 4.74 Å². The van der Waals surface area contributed by atoms with E-state index in [1.165, 1.54) is 12.7 Å². The number of rotatable bonds is 6. The van der Waals surface area contributed by atoms with Gasteiger partial charge in [-0.3, -0.25) is 0 Å². The van der Waals surface area contributed by atoms with Crippen LogP contribution in [0.3, 0.4) is 0 Å². The zero-order chi connectivity index (χ0) is 18.4. The number of ether oxygens (including phenoxy) is 1. The smallest absolute Gasteiger partial charge is 0.339 e. The third kappa shape index (κ3) is 4.36. The van der Waals surface area contributed by atoms with Crippen molar-refractivity contribution in [2.45, 2.75) is 13.5 Å². The molecule has 2 aromatic carbocycles. The molecule has 3 aromatic rings. The first-order chi connectivity index (χ1) is 12.7. The molecule has 3 rings (SSSR count). The number of carbonyl (C=O) groups is 1. The fourth-order valence-electron chi connectivity index (χ4n) is 2.42. The zero-order valence-corrected chi connectivity index (χ0v) is 14.7. The number of para-hydroxylation sites is 1. The van der Waals surface area contributed by atoms with E-state index in [9.17, 15) is 4.79 Å². The molecule has 26 heavy (non-hydrogen) atoms. The monoisotopic (exact) mass is 348 g/mol. The van der Waals surface area contributed by atoms with Crippen LogP contribution in [0, 0.1) is 6.92 Å². The van der Waals surface area contributed by atoms with Crippen LogP contribution in [0.4, 0.5) is 17.5 Å². The molecule has 0 aliphatic carbocycles. The van der Waals surface area contributed by atoms with Crippen molar-refractivity contribution in [2.75, 3.05) is 17.7 Å². The fraction of sp³-hybridized carbons (Fsp3) is 0.150. The van der Waals surface area contributed by atoms with Gasteiger partial charge in [-0.15, -0.1) is 0 Å². The van der Waals surface area contributed by atoms with Crippen LogP contribution in [-0.2, 0) is 11.3 Å². The number of nitrogens with zero attached hydrogens (tertiary/aromatic N) is 2. The zero-order valence-electron chi connectivity index (χ0n) is 14.7. The largest absolute Gasteiger partial charge is 0.465 e. The molecule has 0 unspecified atom stereocenters. The lowest BCUT2D eigenvalue weighted by Gasteiger charge is -2.11. The molecule has 132 valence electrons. The molecule has 6 heteroatoms. The summed E-state index contributed by atoms with van der Waals surface area (Å²) in [5.41, 5.74) is 3.44. The van der Waals surface area contributed by atoms with Gasteiger partial charge in [0.1, 0.15) is 5.82 Å². The molecule has 1 heterocycles. The molecule has 0 amide bonds. The molecule has 0 aliphatic rings. The Morgan fingerprint density at radius 1 is 1.08 bits per heavy atom. The van der Waals surface area contributed by atoms with Crippen LogP contribution in [0.15, 0.2) is 60.8 Å². The maximum atomic E-state index is 11.9.